The molecule has 18 heavy (non-hydrogen) atoms. The molecule has 0 heterocycles. The second-order valence-corrected chi connectivity index (χ2v) is 4.94. The van der Waals surface area contributed by atoms with Crippen LogP contribution < -0.4 is 5.32 Å². The minimum atomic E-state index is 0.656. The van der Waals surface area contributed by atoms with Crippen molar-refractivity contribution in [2.24, 2.45) is 0 Å². The second-order valence-electron chi connectivity index (χ2n) is 4.09. The molecule has 0 atom stereocenters. The zero-order valence-electron chi connectivity index (χ0n) is 10.3. The van der Waals surface area contributed by atoms with Crippen molar-refractivity contribution in [1.82, 2.24) is 0 Å². The largest absolute Gasteiger partial charge is 0.380 e. The Morgan fingerprint density at radius 3 is 2.61 bits per heavy atom. The summed E-state index contributed by atoms with van der Waals surface area (Å²) in [4.78, 5) is 0. The molecule has 2 rings (SSSR count). The molecule has 2 aromatic rings. The van der Waals surface area contributed by atoms with E-state index >= 15 is 0 Å². The number of nitrogens with one attached hydrogen (secondary N) is 1. The van der Waals surface area contributed by atoms with E-state index in [9.17, 15) is 0 Å². The van der Waals surface area contributed by atoms with Crippen LogP contribution >= 0.6 is 15.9 Å². The van der Waals surface area contributed by atoms with Gasteiger partial charge in [0.1, 0.15) is 0 Å². The van der Waals surface area contributed by atoms with Crippen molar-refractivity contribution in [2.75, 3.05) is 12.4 Å². The van der Waals surface area contributed by atoms with E-state index in [1.54, 1.807) is 7.11 Å². The van der Waals surface area contributed by atoms with Gasteiger partial charge in [-0.2, -0.15) is 0 Å². The molecule has 0 fully saturated rings. The maximum Gasteiger partial charge on any atom is 0.0713 e. The summed E-state index contributed by atoms with van der Waals surface area (Å²) in [6, 6.07) is 16.5. The molecule has 0 aliphatic heterocycles. The van der Waals surface area contributed by atoms with Crippen molar-refractivity contribution < 1.29 is 4.74 Å². The summed E-state index contributed by atoms with van der Waals surface area (Å²) in [5.41, 5.74) is 3.55. The van der Waals surface area contributed by atoms with Crippen molar-refractivity contribution in [3.05, 3.63) is 64.1 Å². The molecule has 0 radical (unpaired) electrons. The van der Waals surface area contributed by atoms with Crippen LogP contribution in [0.1, 0.15) is 11.1 Å². The minimum absolute atomic E-state index is 0.656. The van der Waals surface area contributed by atoms with Crippen LogP contribution in [0.4, 0.5) is 5.69 Å². The van der Waals surface area contributed by atoms with Crippen molar-refractivity contribution in [1.29, 1.82) is 0 Å². The molecule has 94 valence electrons. The van der Waals surface area contributed by atoms with E-state index in [0.717, 1.165) is 16.7 Å². The summed E-state index contributed by atoms with van der Waals surface area (Å²) in [5.74, 6) is 0. The van der Waals surface area contributed by atoms with Crippen LogP contribution in [-0.4, -0.2) is 7.11 Å². The summed E-state index contributed by atoms with van der Waals surface area (Å²) in [5, 5.41) is 3.41. The molecule has 3 heteroatoms. The third kappa shape index (κ3) is 3.59. The van der Waals surface area contributed by atoms with Gasteiger partial charge in [-0.25, -0.2) is 0 Å². The van der Waals surface area contributed by atoms with Gasteiger partial charge < -0.3 is 10.1 Å². The quantitative estimate of drug-likeness (QED) is 0.893. The number of benzene rings is 2. The van der Waals surface area contributed by atoms with Crippen LogP contribution in [0.15, 0.2) is 53.0 Å². The Kier molecular flexibility index (Phi) is 4.79. The maximum atomic E-state index is 5.14. The maximum absolute atomic E-state index is 5.14. The molecule has 0 aliphatic rings. The van der Waals surface area contributed by atoms with Crippen LogP contribution in [0.2, 0.25) is 0 Å². The first-order valence-electron chi connectivity index (χ1n) is 5.85. The fourth-order valence-electron chi connectivity index (χ4n) is 1.80. The Balaban J connectivity index is 2.02. The van der Waals surface area contributed by atoms with Gasteiger partial charge in [0.2, 0.25) is 0 Å². The summed E-state index contributed by atoms with van der Waals surface area (Å²) in [6.07, 6.45) is 0. The SMILES string of the molecule is COCc1cccc(CNc2ccccc2Br)c1. The number of rotatable bonds is 5. The lowest BCUT2D eigenvalue weighted by Crippen LogP contribution is -2.00. The number of hydrogen-bond acceptors (Lipinski definition) is 2. The van der Waals surface area contributed by atoms with E-state index in [4.69, 9.17) is 4.74 Å². The highest BCUT2D eigenvalue weighted by molar-refractivity contribution is 9.10. The molecule has 0 unspecified atom stereocenters. The predicted octanol–water partition coefficient (Wildman–Crippen LogP) is 4.21. The average molecular weight is 306 g/mol. The summed E-state index contributed by atoms with van der Waals surface area (Å²) in [7, 11) is 1.71. The predicted molar refractivity (Wildman–Crippen MR) is 78.6 cm³/mol. The van der Waals surface area contributed by atoms with Crippen molar-refractivity contribution >= 4 is 21.6 Å². The number of para-hydroxylation sites is 1. The fourth-order valence-corrected chi connectivity index (χ4v) is 2.22. The fraction of sp³-hybridized carbons (Fsp3) is 0.200. The monoisotopic (exact) mass is 305 g/mol. The van der Waals surface area contributed by atoms with Gasteiger partial charge in [0, 0.05) is 23.8 Å². The Hall–Kier alpha value is -1.32. The van der Waals surface area contributed by atoms with E-state index in [0.29, 0.717) is 6.61 Å². The first kappa shape index (κ1) is 13.1. The third-order valence-corrected chi connectivity index (χ3v) is 3.35. The molecule has 0 saturated carbocycles. The van der Waals surface area contributed by atoms with Crippen LogP contribution in [0.25, 0.3) is 0 Å². The Labute approximate surface area is 116 Å². The standard InChI is InChI=1S/C15H16BrNO/c1-18-11-13-6-4-5-12(9-13)10-17-15-8-3-2-7-14(15)16/h2-9,17H,10-11H2,1H3. The van der Waals surface area contributed by atoms with Gasteiger partial charge >= 0.3 is 0 Å². The molecule has 0 bridgehead atoms. The van der Waals surface area contributed by atoms with Crippen molar-refractivity contribution in [3.8, 4) is 0 Å². The highest BCUT2D eigenvalue weighted by atomic mass is 79.9. The van der Waals surface area contributed by atoms with Gasteiger partial charge in [0.15, 0.2) is 0 Å². The topological polar surface area (TPSA) is 21.3 Å². The molecular formula is C15H16BrNO. The number of hydrogen-bond donors (Lipinski definition) is 1. The minimum Gasteiger partial charge on any atom is -0.380 e. The van der Waals surface area contributed by atoms with E-state index < -0.39 is 0 Å². The first-order valence-corrected chi connectivity index (χ1v) is 6.64. The van der Waals surface area contributed by atoms with Gasteiger partial charge in [-0.15, -0.1) is 0 Å². The molecule has 2 nitrogen and oxygen atoms in total. The molecular weight excluding hydrogens is 290 g/mol. The lowest BCUT2D eigenvalue weighted by atomic mass is 10.1. The summed E-state index contributed by atoms with van der Waals surface area (Å²) < 4.78 is 6.22. The Morgan fingerprint density at radius 2 is 1.83 bits per heavy atom. The van der Waals surface area contributed by atoms with Gasteiger partial charge in [-0.1, -0.05) is 36.4 Å². The second kappa shape index (κ2) is 6.57. The summed E-state index contributed by atoms with van der Waals surface area (Å²) in [6.45, 7) is 1.46. The van der Waals surface area contributed by atoms with Crippen molar-refractivity contribution in [2.45, 2.75) is 13.2 Å². The van der Waals surface area contributed by atoms with Crippen LogP contribution in [0, 0.1) is 0 Å². The average Bonchev–Trinajstić information content (AvgIpc) is 2.39. The number of halogens is 1. The lowest BCUT2D eigenvalue weighted by Gasteiger charge is -2.09. The van der Waals surface area contributed by atoms with Gasteiger partial charge in [-0.05, 0) is 39.2 Å². The van der Waals surface area contributed by atoms with Crippen LogP contribution in [-0.2, 0) is 17.9 Å². The Morgan fingerprint density at radius 1 is 1.06 bits per heavy atom. The normalized spacial score (nSPS) is 10.3. The zero-order chi connectivity index (χ0) is 12.8. The highest BCUT2D eigenvalue weighted by Crippen LogP contribution is 2.21. The van der Waals surface area contributed by atoms with Crippen molar-refractivity contribution in [3.63, 3.8) is 0 Å². The molecule has 0 aliphatic carbocycles. The molecule has 0 spiro atoms. The molecule has 1 N–H and O–H groups in total. The van der Waals surface area contributed by atoms with Gasteiger partial charge in [0.25, 0.3) is 0 Å². The Bertz CT molecular complexity index is 513. The van der Waals surface area contributed by atoms with Crippen LogP contribution in [0.3, 0.4) is 0 Å². The molecule has 0 aromatic heterocycles. The molecule has 0 amide bonds. The lowest BCUT2D eigenvalue weighted by molar-refractivity contribution is 0.185. The zero-order valence-corrected chi connectivity index (χ0v) is 11.9. The third-order valence-electron chi connectivity index (χ3n) is 2.66. The van der Waals surface area contributed by atoms with E-state index in [-0.39, 0.29) is 0 Å². The number of anilines is 1. The van der Waals surface area contributed by atoms with Gasteiger partial charge in [-0.3, -0.25) is 0 Å². The van der Waals surface area contributed by atoms with E-state index in [1.807, 2.05) is 18.2 Å². The number of methoxy groups -OCH3 is 1. The van der Waals surface area contributed by atoms with E-state index in [2.05, 4.69) is 51.6 Å². The van der Waals surface area contributed by atoms with E-state index in [1.165, 1.54) is 11.1 Å². The molecule has 0 saturated heterocycles. The number of ether oxygens (including phenoxy) is 1. The highest BCUT2D eigenvalue weighted by Gasteiger charge is 1.99. The molecule has 2 aromatic carbocycles. The van der Waals surface area contributed by atoms with Gasteiger partial charge in [0.05, 0.1) is 6.61 Å². The van der Waals surface area contributed by atoms with Crippen LogP contribution in [0.5, 0.6) is 0 Å². The summed E-state index contributed by atoms with van der Waals surface area (Å²) >= 11 is 3.53. The smallest absolute Gasteiger partial charge is 0.0713 e. The first-order chi connectivity index (χ1) is 8.79.